The van der Waals surface area contributed by atoms with Crippen molar-refractivity contribution in [1.82, 2.24) is 4.98 Å². The molecule has 0 atom stereocenters. The molecular formula is C16H17NSn. The van der Waals surface area contributed by atoms with Gasteiger partial charge in [-0.1, -0.05) is 0 Å². The monoisotopic (exact) mass is 343 g/mol. The fourth-order valence-corrected chi connectivity index (χ4v) is 5.64. The molecule has 0 fully saturated rings. The molecule has 90 valence electrons. The van der Waals surface area contributed by atoms with Gasteiger partial charge < -0.3 is 0 Å². The minimum absolute atomic E-state index is 1.10. The summed E-state index contributed by atoms with van der Waals surface area (Å²) in [6.07, 6.45) is 1.97. The van der Waals surface area contributed by atoms with E-state index in [0.29, 0.717) is 0 Å². The van der Waals surface area contributed by atoms with Gasteiger partial charge in [-0.15, -0.1) is 0 Å². The predicted molar refractivity (Wildman–Crippen MR) is 82.2 cm³/mol. The van der Waals surface area contributed by atoms with Gasteiger partial charge in [0.25, 0.3) is 0 Å². The van der Waals surface area contributed by atoms with Gasteiger partial charge in [0.05, 0.1) is 0 Å². The molecule has 0 saturated carbocycles. The third-order valence-electron chi connectivity index (χ3n) is 3.46. The van der Waals surface area contributed by atoms with Crippen LogP contribution in [0.5, 0.6) is 0 Å². The molecule has 0 aliphatic carbocycles. The van der Waals surface area contributed by atoms with Gasteiger partial charge in [0.1, 0.15) is 0 Å². The van der Waals surface area contributed by atoms with Crippen LogP contribution in [0.2, 0.25) is 14.8 Å². The van der Waals surface area contributed by atoms with Crippen LogP contribution >= 0.6 is 0 Å². The summed E-state index contributed by atoms with van der Waals surface area (Å²) < 4.78 is 1.56. The van der Waals surface area contributed by atoms with Crippen LogP contribution in [0.15, 0.2) is 48.7 Å². The van der Waals surface area contributed by atoms with Gasteiger partial charge in [-0.3, -0.25) is 0 Å². The topological polar surface area (TPSA) is 12.9 Å². The summed E-state index contributed by atoms with van der Waals surface area (Å²) in [7, 11) is 0. The SMILES string of the molecule is [CH3][Sn]([CH3])([CH3])[c]1ccc2ncc3ccccc3c2c1. The van der Waals surface area contributed by atoms with E-state index in [2.05, 4.69) is 62.3 Å². The van der Waals surface area contributed by atoms with E-state index < -0.39 is 18.4 Å². The van der Waals surface area contributed by atoms with Crippen molar-refractivity contribution in [2.24, 2.45) is 0 Å². The van der Waals surface area contributed by atoms with E-state index in [4.69, 9.17) is 0 Å². The van der Waals surface area contributed by atoms with E-state index in [0.717, 1.165) is 5.52 Å². The molecule has 0 unspecified atom stereocenters. The average Bonchev–Trinajstić information content (AvgIpc) is 2.37. The summed E-state index contributed by atoms with van der Waals surface area (Å²) in [5.41, 5.74) is 1.10. The molecule has 0 radical (unpaired) electrons. The molecule has 18 heavy (non-hydrogen) atoms. The van der Waals surface area contributed by atoms with Gasteiger partial charge in [-0.25, -0.2) is 0 Å². The molecule has 0 spiro atoms. The Morgan fingerprint density at radius 2 is 1.67 bits per heavy atom. The van der Waals surface area contributed by atoms with Gasteiger partial charge in [0.2, 0.25) is 0 Å². The van der Waals surface area contributed by atoms with E-state index in [9.17, 15) is 0 Å². The molecule has 1 heterocycles. The van der Waals surface area contributed by atoms with Crippen molar-refractivity contribution in [3.05, 3.63) is 48.7 Å². The fourth-order valence-electron chi connectivity index (χ4n) is 2.32. The van der Waals surface area contributed by atoms with Crippen LogP contribution in [0.3, 0.4) is 0 Å². The fraction of sp³-hybridized carbons (Fsp3) is 0.188. The number of hydrogen-bond acceptors (Lipinski definition) is 1. The predicted octanol–water partition coefficient (Wildman–Crippen LogP) is 3.93. The molecule has 3 rings (SSSR count). The Hall–Kier alpha value is -1.09. The average molecular weight is 342 g/mol. The Balaban J connectivity index is 2.40. The zero-order valence-corrected chi connectivity index (χ0v) is 13.9. The number of fused-ring (bicyclic) bond motifs is 3. The summed E-state index contributed by atoms with van der Waals surface area (Å²) in [5, 5.41) is 3.85. The Kier molecular flexibility index (Phi) is 2.81. The molecule has 0 bridgehead atoms. The van der Waals surface area contributed by atoms with Gasteiger partial charge in [0, 0.05) is 0 Å². The second-order valence-corrected chi connectivity index (χ2v) is 20.3. The quantitative estimate of drug-likeness (QED) is 0.482. The Morgan fingerprint density at radius 1 is 0.889 bits per heavy atom. The summed E-state index contributed by atoms with van der Waals surface area (Å²) in [5.74, 6) is 0. The van der Waals surface area contributed by atoms with E-state index >= 15 is 0 Å². The minimum atomic E-state index is -2.00. The molecule has 0 aliphatic heterocycles. The number of hydrogen-bond donors (Lipinski definition) is 0. The van der Waals surface area contributed by atoms with Crippen LogP contribution in [0.25, 0.3) is 21.7 Å². The first-order valence-electron chi connectivity index (χ1n) is 6.34. The zero-order valence-electron chi connectivity index (χ0n) is 11.1. The van der Waals surface area contributed by atoms with E-state index in [1.165, 1.54) is 16.2 Å². The summed E-state index contributed by atoms with van der Waals surface area (Å²) in [6, 6.07) is 15.3. The Bertz CT molecular complexity index is 726. The third kappa shape index (κ3) is 2.01. The molecule has 3 aromatic rings. The number of pyridine rings is 1. The van der Waals surface area contributed by atoms with Crippen molar-refractivity contribution in [3.63, 3.8) is 0 Å². The first-order valence-corrected chi connectivity index (χ1v) is 16.3. The first-order chi connectivity index (χ1) is 8.55. The maximum atomic E-state index is 4.56. The van der Waals surface area contributed by atoms with Crippen LogP contribution in [0, 0.1) is 0 Å². The van der Waals surface area contributed by atoms with Crippen LogP contribution in [0.1, 0.15) is 0 Å². The molecule has 0 N–H and O–H groups in total. The molecule has 0 aliphatic rings. The zero-order chi connectivity index (χ0) is 12.8. The summed E-state index contributed by atoms with van der Waals surface area (Å²) in [4.78, 5) is 11.9. The standard InChI is InChI=1S/C13H8N.3CH3.Sn/c1-2-6-11-10(5-1)9-14-13-8-4-3-7-12(11)13;;;;/h1-2,4-9H;3*1H3;. The Labute approximate surface area is 112 Å². The summed E-state index contributed by atoms with van der Waals surface area (Å²) >= 11 is -2.00. The van der Waals surface area contributed by atoms with Crippen molar-refractivity contribution in [3.8, 4) is 0 Å². The van der Waals surface area contributed by atoms with Crippen LogP contribution in [-0.2, 0) is 0 Å². The van der Waals surface area contributed by atoms with Gasteiger partial charge in [-0.2, -0.15) is 0 Å². The van der Waals surface area contributed by atoms with Gasteiger partial charge in [0.15, 0.2) is 0 Å². The summed E-state index contributed by atoms with van der Waals surface area (Å²) in [6.45, 7) is 0. The molecule has 0 amide bonds. The molecule has 1 nitrogen and oxygen atoms in total. The van der Waals surface area contributed by atoms with Crippen molar-refractivity contribution >= 4 is 43.6 Å². The number of aromatic nitrogens is 1. The van der Waals surface area contributed by atoms with Crippen molar-refractivity contribution in [2.75, 3.05) is 0 Å². The normalized spacial score (nSPS) is 12.2. The number of benzene rings is 2. The number of rotatable bonds is 1. The van der Waals surface area contributed by atoms with Crippen LogP contribution in [-0.4, -0.2) is 23.4 Å². The second-order valence-electron chi connectivity index (χ2n) is 5.83. The molecule has 0 saturated heterocycles. The molecule has 2 heteroatoms. The van der Waals surface area contributed by atoms with Crippen molar-refractivity contribution in [1.29, 1.82) is 0 Å². The number of nitrogens with zero attached hydrogens (tertiary/aromatic N) is 1. The van der Waals surface area contributed by atoms with E-state index in [1.807, 2.05) is 6.20 Å². The maximum absolute atomic E-state index is 4.56. The van der Waals surface area contributed by atoms with Crippen LogP contribution in [0.4, 0.5) is 0 Å². The Morgan fingerprint density at radius 3 is 2.44 bits per heavy atom. The van der Waals surface area contributed by atoms with Crippen LogP contribution < -0.4 is 3.58 Å². The third-order valence-corrected chi connectivity index (χ3v) is 9.29. The van der Waals surface area contributed by atoms with Crippen molar-refractivity contribution in [2.45, 2.75) is 14.8 Å². The van der Waals surface area contributed by atoms with Crippen molar-refractivity contribution < 1.29 is 0 Å². The molecule has 2 aromatic carbocycles. The van der Waals surface area contributed by atoms with E-state index in [1.54, 1.807) is 3.58 Å². The molecular weight excluding hydrogens is 325 g/mol. The second kappa shape index (κ2) is 4.23. The van der Waals surface area contributed by atoms with Gasteiger partial charge in [-0.05, 0) is 0 Å². The first kappa shape index (κ1) is 12.0. The molecule has 1 aromatic heterocycles. The van der Waals surface area contributed by atoms with Gasteiger partial charge >= 0.3 is 112 Å². The van der Waals surface area contributed by atoms with E-state index in [-0.39, 0.29) is 0 Å².